The summed E-state index contributed by atoms with van der Waals surface area (Å²) in [6.07, 6.45) is -3.11. The Kier molecular flexibility index (Phi) is 3.84. The van der Waals surface area contributed by atoms with Crippen LogP contribution < -0.4 is 0 Å². The molecule has 17 heavy (non-hydrogen) atoms. The van der Waals surface area contributed by atoms with Crippen molar-refractivity contribution in [3.63, 3.8) is 0 Å². The normalized spacial score (nSPS) is 12.9. The molecule has 0 heterocycles. The predicted molar refractivity (Wildman–Crippen MR) is 59.3 cm³/mol. The number of hydrogen-bond donors (Lipinski definition) is 0. The highest BCUT2D eigenvalue weighted by atomic mass is 19.4. The molecule has 0 fully saturated rings. The van der Waals surface area contributed by atoms with Gasteiger partial charge in [0.25, 0.3) is 0 Å². The standard InChI is InChI=1S/C13H16F4/c1-4-7-12(2,3)10-6-5-9(14)8-11(10)13(15,16)17/h5-6,8H,4,7H2,1-3H3. The maximum absolute atomic E-state index is 13.0. The molecule has 0 atom stereocenters. The molecule has 0 saturated carbocycles. The Morgan fingerprint density at radius 3 is 2.12 bits per heavy atom. The molecule has 0 nitrogen and oxygen atoms in total. The summed E-state index contributed by atoms with van der Waals surface area (Å²) in [5, 5.41) is 0. The summed E-state index contributed by atoms with van der Waals surface area (Å²) in [7, 11) is 0. The van der Waals surface area contributed by atoms with E-state index in [9.17, 15) is 17.6 Å². The fourth-order valence-corrected chi connectivity index (χ4v) is 2.10. The molecule has 1 aromatic carbocycles. The van der Waals surface area contributed by atoms with Gasteiger partial charge in [0.1, 0.15) is 5.82 Å². The Labute approximate surface area is 98.6 Å². The van der Waals surface area contributed by atoms with Gasteiger partial charge in [-0.2, -0.15) is 13.2 Å². The second kappa shape index (κ2) is 4.67. The average molecular weight is 248 g/mol. The third kappa shape index (κ3) is 3.20. The number of rotatable bonds is 3. The van der Waals surface area contributed by atoms with Crippen LogP contribution in [0.2, 0.25) is 0 Å². The Morgan fingerprint density at radius 2 is 1.65 bits per heavy atom. The fourth-order valence-electron chi connectivity index (χ4n) is 2.10. The molecule has 0 aliphatic carbocycles. The van der Waals surface area contributed by atoms with Crippen LogP contribution in [0.3, 0.4) is 0 Å². The fraction of sp³-hybridized carbons (Fsp3) is 0.538. The third-order valence-corrected chi connectivity index (χ3v) is 2.89. The molecule has 0 amide bonds. The van der Waals surface area contributed by atoms with Crippen LogP contribution in [-0.2, 0) is 11.6 Å². The summed E-state index contributed by atoms with van der Waals surface area (Å²) in [5.41, 5.74) is -1.31. The first-order chi connectivity index (χ1) is 7.68. The number of halogens is 4. The minimum absolute atomic E-state index is 0.160. The SMILES string of the molecule is CCCC(C)(C)c1ccc(F)cc1C(F)(F)F. The molecule has 0 unspecified atom stereocenters. The van der Waals surface area contributed by atoms with Crippen LogP contribution in [0.15, 0.2) is 18.2 Å². The van der Waals surface area contributed by atoms with E-state index < -0.39 is 23.0 Å². The summed E-state index contributed by atoms with van der Waals surface area (Å²) in [6, 6.07) is 2.91. The van der Waals surface area contributed by atoms with Crippen molar-refractivity contribution in [1.82, 2.24) is 0 Å². The lowest BCUT2D eigenvalue weighted by atomic mass is 9.78. The predicted octanol–water partition coefficient (Wildman–Crippen LogP) is 4.92. The van der Waals surface area contributed by atoms with Crippen LogP contribution in [-0.4, -0.2) is 0 Å². The van der Waals surface area contributed by atoms with E-state index in [1.165, 1.54) is 6.07 Å². The van der Waals surface area contributed by atoms with Gasteiger partial charge in [0.15, 0.2) is 0 Å². The lowest BCUT2D eigenvalue weighted by molar-refractivity contribution is -0.139. The highest BCUT2D eigenvalue weighted by Crippen LogP contribution is 2.39. The Morgan fingerprint density at radius 1 is 1.06 bits per heavy atom. The molecule has 4 heteroatoms. The zero-order valence-corrected chi connectivity index (χ0v) is 10.2. The molecule has 0 N–H and O–H groups in total. The third-order valence-electron chi connectivity index (χ3n) is 2.89. The molecule has 96 valence electrons. The highest BCUT2D eigenvalue weighted by molar-refractivity contribution is 5.36. The van der Waals surface area contributed by atoms with Gasteiger partial charge in [-0.1, -0.05) is 33.3 Å². The van der Waals surface area contributed by atoms with E-state index in [1.807, 2.05) is 6.92 Å². The van der Waals surface area contributed by atoms with Crippen molar-refractivity contribution in [3.05, 3.63) is 35.1 Å². The van der Waals surface area contributed by atoms with E-state index in [2.05, 4.69) is 0 Å². The molecule has 0 aromatic heterocycles. The van der Waals surface area contributed by atoms with E-state index in [1.54, 1.807) is 13.8 Å². The zero-order valence-electron chi connectivity index (χ0n) is 10.2. The minimum Gasteiger partial charge on any atom is -0.207 e. The number of alkyl halides is 3. The Bertz CT molecular complexity index is 391. The van der Waals surface area contributed by atoms with Gasteiger partial charge in [-0.25, -0.2) is 4.39 Å². The molecule has 0 aliphatic heterocycles. The Balaban J connectivity index is 3.33. The van der Waals surface area contributed by atoms with E-state index >= 15 is 0 Å². The smallest absolute Gasteiger partial charge is 0.207 e. The molecule has 0 saturated heterocycles. The van der Waals surface area contributed by atoms with Crippen LogP contribution >= 0.6 is 0 Å². The first-order valence-electron chi connectivity index (χ1n) is 5.55. The second-order valence-corrected chi connectivity index (χ2v) is 4.82. The van der Waals surface area contributed by atoms with Gasteiger partial charge in [0, 0.05) is 0 Å². The van der Waals surface area contributed by atoms with Crippen LogP contribution in [0.4, 0.5) is 17.6 Å². The zero-order chi connectivity index (χ0) is 13.3. The van der Waals surface area contributed by atoms with Crippen molar-refractivity contribution in [3.8, 4) is 0 Å². The average Bonchev–Trinajstić information content (AvgIpc) is 2.15. The second-order valence-electron chi connectivity index (χ2n) is 4.82. The van der Waals surface area contributed by atoms with Crippen molar-refractivity contribution in [2.24, 2.45) is 0 Å². The van der Waals surface area contributed by atoms with E-state index in [4.69, 9.17) is 0 Å². The topological polar surface area (TPSA) is 0 Å². The van der Waals surface area contributed by atoms with Crippen LogP contribution in [0, 0.1) is 5.82 Å². The van der Waals surface area contributed by atoms with Crippen molar-refractivity contribution >= 4 is 0 Å². The lowest BCUT2D eigenvalue weighted by Gasteiger charge is -2.28. The molecule has 0 bridgehead atoms. The van der Waals surface area contributed by atoms with Crippen molar-refractivity contribution in [2.75, 3.05) is 0 Å². The van der Waals surface area contributed by atoms with Crippen LogP contribution in [0.5, 0.6) is 0 Å². The molecule has 0 radical (unpaired) electrons. The van der Waals surface area contributed by atoms with Gasteiger partial charge in [0.05, 0.1) is 5.56 Å². The summed E-state index contributed by atoms with van der Waals surface area (Å²) >= 11 is 0. The summed E-state index contributed by atoms with van der Waals surface area (Å²) in [4.78, 5) is 0. The highest BCUT2D eigenvalue weighted by Gasteiger charge is 2.37. The van der Waals surface area contributed by atoms with E-state index in [0.29, 0.717) is 12.5 Å². The van der Waals surface area contributed by atoms with Gasteiger partial charge in [-0.15, -0.1) is 0 Å². The molecular formula is C13H16F4. The Hall–Kier alpha value is -1.06. The van der Waals surface area contributed by atoms with Crippen molar-refractivity contribution in [2.45, 2.75) is 45.2 Å². The molecular weight excluding hydrogens is 232 g/mol. The minimum atomic E-state index is -4.51. The van der Waals surface area contributed by atoms with E-state index in [-0.39, 0.29) is 5.56 Å². The van der Waals surface area contributed by atoms with E-state index in [0.717, 1.165) is 12.5 Å². The summed E-state index contributed by atoms with van der Waals surface area (Å²) in [5.74, 6) is -0.853. The van der Waals surface area contributed by atoms with Crippen molar-refractivity contribution in [1.29, 1.82) is 0 Å². The first kappa shape index (κ1) is 14.0. The summed E-state index contributed by atoms with van der Waals surface area (Å²) in [6.45, 7) is 5.41. The van der Waals surface area contributed by atoms with Gasteiger partial charge in [0.2, 0.25) is 0 Å². The maximum atomic E-state index is 13.0. The molecule has 0 spiro atoms. The molecule has 1 aromatic rings. The monoisotopic (exact) mass is 248 g/mol. The van der Waals surface area contributed by atoms with Crippen LogP contribution in [0.1, 0.15) is 44.7 Å². The van der Waals surface area contributed by atoms with Crippen LogP contribution in [0.25, 0.3) is 0 Å². The van der Waals surface area contributed by atoms with Gasteiger partial charge in [-0.05, 0) is 29.5 Å². The van der Waals surface area contributed by atoms with Gasteiger partial charge in [-0.3, -0.25) is 0 Å². The maximum Gasteiger partial charge on any atom is 0.416 e. The largest absolute Gasteiger partial charge is 0.416 e. The molecule has 1 rings (SSSR count). The summed E-state index contributed by atoms with van der Waals surface area (Å²) < 4.78 is 51.4. The van der Waals surface area contributed by atoms with Gasteiger partial charge < -0.3 is 0 Å². The number of hydrogen-bond acceptors (Lipinski definition) is 0. The quantitative estimate of drug-likeness (QED) is 0.666. The number of benzene rings is 1. The van der Waals surface area contributed by atoms with Crippen molar-refractivity contribution < 1.29 is 17.6 Å². The van der Waals surface area contributed by atoms with Gasteiger partial charge >= 0.3 is 6.18 Å². The lowest BCUT2D eigenvalue weighted by Crippen LogP contribution is -2.22. The molecule has 0 aliphatic rings. The first-order valence-corrected chi connectivity index (χ1v) is 5.55.